The molecular weight excluding hydrogens is 222 g/mol. The lowest BCUT2D eigenvalue weighted by molar-refractivity contribution is 0.593. The maximum atomic E-state index is 11.4. The molecule has 5 heteroatoms. The second kappa shape index (κ2) is 2.90. The third-order valence-electron chi connectivity index (χ3n) is 1.85. The normalized spacial score (nSPS) is 15.1. The SMILES string of the molecule is O=c1c(Br)cnc2n1CCCN2. The van der Waals surface area contributed by atoms with E-state index < -0.39 is 0 Å². The molecule has 0 amide bonds. The molecule has 0 saturated carbocycles. The highest BCUT2D eigenvalue weighted by molar-refractivity contribution is 9.10. The summed E-state index contributed by atoms with van der Waals surface area (Å²) in [7, 11) is 0. The number of fused-ring (bicyclic) bond motifs is 1. The van der Waals surface area contributed by atoms with Crippen LogP contribution in [0.4, 0.5) is 5.95 Å². The van der Waals surface area contributed by atoms with Gasteiger partial charge in [-0.15, -0.1) is 0 Å². The van der Waals surface area contributed by atoms with E-state index in [9.17, 15) is 4.79 Å². The van der Waals surface area contributed by atoms with Crippen molar-refractivity contribution in [2.45, 2.75) is 13.0 Å². The van der Waals surface area contributed by atoms with Crippen LogP contribution in [-0.4, -0.2) is 16.1 Å². The molecule has 0 aromatic carbocycles. The molecule has 1 N–H and O–H groups in total. The molecule has 0 bridgehead atoms. The van der Waals surface area contributed by atoms with Crippen molar-refractivity contribution in [2.24, 2.45) is 0 Å². The molecule has 2 heterocycles. The summed E-state index contributed by atoms with van der Waals surface area (Å²) in [6, 6.07) is 0. The Morgan fingerprint density at radius 3 is 3.33 bits per heavy atom. The number of halogens is 1. The maximum Gasteiger partial charge on any atom is 0.269 e. The monoisotopic (exact) mass is 229 g/mol. The van der Waals surface area contributed by atoms with Crippen LogP contribution in [0.5, 0.6) is 0 Å². The van der Waals surface area contributed by atoms with E-state index in [0.717, 1.165) is 19.5 Å². The number of hydrogen-bond donors (Lipinski definition) is 1. The molecule has 0 fully saturated rings. The maximum absolute atomic E-state index is 11.4. The zero-order chi connectivity index (χ0) is 8.55. The summed E-state index contributed by atoms with van der Waals surface area (Å²) >= 11 is 3.15. The van der Waals surface area contributed by atoms with Crippen molar-refractivity contribution in [3.05, 3.63) is 21.0 Å². The standard InChI is InChI=1S/C7H8BrN3O/c8-5-4-10-7-9-2-1-3-11(7)6(5)12/h4H,1-3H2,(H,9,10). The first-order valence-electron chi connectivity index (χ1n) is 3.78. The van der Waals surface area contributed by atoms with Crippen molar-refractivity contribution in [1.29, 1.82) is 0 Å². The molecule has 0 aliphatic carbocycles. The lowest BCUT2D eigenvalue weighted by Crippen LogP contribution is -2.30. The summed E-state index contributed by atoms with van der Waals surface area (Å²) in [5.41, 5.74) is -0.00722. The fraction of sp³-hybridized carbons (Fsp3) is 0.429. The molecular formula is C7H8BrN3O. The molecule has 1 aromatic heterocycles. The topological polar surface area (TPSA) is 46.9 Å². The molecule has 1 aliphatic rings. The molecule has 0 radical (unpaired) electrons. The van der Waals surface area contributed by atoms with Crippen molar-refractivity contribution < 1.29 is 0 Å². The van der Waals surface area contributed by atoms with Gasteiger partial charge in [0, 0.05) is 13.1 Å². The molecule has 64 valence electrons. The van der Waals surface area contributed by atoms with Crippen LogP contribution in [0.3, 0.4) is 0 Å². The lowest BCUT2D eigenvalue weighted by Gasteiger charge is -2.18. The van der Waals surface area contributed by atoms with Crippen molar-refractivity contribution in [3.63, 3.8) is 0 Å². The van der Waals surface area contributed by atoms with Gasteiger partial charge in [0.1, 0.15) is 4.47 Å². The third kappa shape index (κ3) is 1.14. The van der Waals surface area contributed by atoms with Gasteiger partial charge in [0.05, 0.1) is 6.20 Å². The summed E-state index contributed by atoms with van der Waals surface area (Å²) in [5, 5.41) is 3.06. The molecule has 0 atom stereocenters. The van der Waals surface area contributed by atoms with Crippen LogP contribution in [0.25, 0.3) is 0 Å². The Morgan fingerprint density at radius 1 is 1.67 bits per heavy atom. The van der Waals surface area contributed by atoms with E-state index in [1.54, 1.807) is 4.57 Å². The fourth-order valence-electron chi connectivity index (χ4n) is 1.25. The summed E-state index contributed by atoms with van der Waals surface area (Å²) in [6.45, 7) is 1.65. The van der Waals surface area contributed by atoms with Crippen LogP contribution >= 0.6 is 15.9 Å². The summed E-state index contributed by atoms with van der Waals surface area (Å²) in [4.78, 5) is 15.5. The average molecular weight is 230 g/mol. The highest BCUT2D eigenvalue weighted by Gasteiger charge is 2.11. The zero-order valence-electron chi connectivity index (χ0n) is 6.38. The fourth-order valence-corrected chi connectivity index (χ4v) is 1.57. The first-order valence-corrected chi connectivity index (χ1v) is 4.57. The average Bonchev–Trinajstić information content (AvgIpc) is 2.12. The molecule has 12 heavy (non-hydrogen) atoms. The van der Waals surface area contributed by atoms with Gasteiger partial charge >= 0.3 is 0 Å². The predicted octanol–water partition coefficient (Wildman–Crippen LogP) is 0.821. The minimum Gasteiger partial charge on any atom is -0.356 e. The van der Waals surface area contributed by atoms with Gasteiger partial charge in [0.2, 0.25) is 5.95 Å². The van der Waals surface area contributed by atoms with E-state index in [1.807, 2.05) is 0 Å². The van der Waals surface area contributed by atoms with Crippen LogP contribution in [0, 0.1) is 0 Å². The Labute approximate surface area is 77.7 Å². The van der Waals surface area contributed by atoms with Crippen molar-refractivity contribution >= 4 is 21.9 Å². The van der Waals surface area contributed by atoms with Gasteiger partial charge < -0.3 is 5.32 Å². The van der Waals surface area contributed by atoms with Crippen LogP contribution in [0.15, 0.2) is 15.5 Å². The first kappa shape index (κ1) is 7.79. The summed E-state index contributed by atoms with van der Waals surface area (Å²) < 4.78 is 2.17. The molecule has 1 aromatic rings. The minimum absolute atomic E-state index is 0.00722. The molecule has 0 saturated heterocycles. The predicted molar refractivity (Wildman–Crippen MR) is 49.3 cm³/mol. The number of aromatic nitrogens is 2. The van der Waals surface area contributed by atoms with Crippen molar-refractivity contribution in [3.8, 4) is 0 Å². The van der Waals surface area contributed by atoms with E-state index in [-0.39, 0.29) is 5.56 Å². The van der Waals surface area contributed by atoms with Crippen LogP contribution in [0.1, 0.15) is 6.42 Å². The minimum atomic E-state index is -0.00722. The zero-order valence-corrected chi connectivity index (χ0v) is 7.97. The van der Waals surface area contributed by atoms with E-state index in [4.69, 9.17) is 0 Å². The van der Waals surface area contributed by atoms with Gasteiger partial charge in [-0.3, -0.25) is 9.36 Å². The highest BCUT2D eigenvalue weighted by atomic mass is 79.9. The lowest BCUT2D eigenvalue weighted by atomic mass is 10.3. The van der Waals surface area contributed by atoms with Crippen molar-refractivity contribution in [2.75, 3.05) is 11.9 Å². The van der Waals surface area contributed by atoms with Crippen LogP contribution in [0.2, 0.25) is 0 Å². The molecule has 0 spiro atoms. The van der Waals surface area contributed by atoms with E-state index in [0.29, 0.717) is 10.4 Å². The Hall–Kier alpha value is -0.840. The van der Waals surface area contributed by atoms with Crippen LogP contribution in [-0.2, 0) is 6.54 Å². The molecule has 1 aliphatic heterocycles. The number of nitrogens with zero attached hydrogens (tertiary/aromatic N) is 2. The number of rotatable bonds is 0. The Morgan fingerprint density at radius 2 is 2.50 bits per heavy atom. The summed E-state index contributed by atoms with van der Waals surface area (Å²) in [5.74, 6) is 0.675. The Bertz CT molecular complexity index is 360. The van der Waals surface area contributed by atoms with E-state index in [2.05, 4.69) is 26.2 Å². The van der Waals surface area contributed by atoms with Gasteiger partial charge in [0.15, 0.2) is 0 Å². The van der Waals surface area contributed by atoms with Gasteiger partial charge in [0.25, 0.3) is 5.56 Å². The quantitative estimate of drug-likeness (QED) is 0.717. The van der Waals surface area contributed by atoms with Gasteiger partial charge in [-0.1, -0.05) is 0 Å². The smallest absolute Gasteiger partial charge is 0.269 e. The van der Waals surface area contributed by atoms with Gasteiger partial charge in [-0.25, -0.2) is 4.98 Å². The van der Waals surface area contributed by atoms with Crippen LogP contribution < -0.4 is 10.9 Å². The Balaban J connectivity index is 2.62. The van der Waals surface area contributed by atoms with Gasteiger partial charge in [-0.2, -0.15) is 0 Å². The number of anilines is 1. The van der Waals surface area contributed by atoms with E-state index >= 15 is 0 Å². The highest BCUT2D eigenvalue weighted by Crippen LogP contribution is 2.09. The largest absolute Gasteiger partial charge is 0.356 e. The third-order valence-corrected chi connectivity index (χ3v) is 2.39. The second-order valence-corrected chi connectivity index (χ2v) is 3.52. The Kier molecular flexibility index (Phi) is 1.88. The number of nitrogens with one attached hydrogen (secondary N) is 1. The molecule has 0 unspecified atom stereocenters. The number of hydrogen-bond acceptors (Lipinski definition) is 3. The van der Waals surface area contributed by atoms with Crippen molar-refractivity contribution in [1.82, 2.24) is 9.55 Å². The molecule has 2 rings (SSSR count). The van der Waals surface area contributed by atoms with Gasteiger partial charge in [-0.05, 0) is 22.4 Å². The second-order valence-electron chi connectivity index (χ2n) is 2.67. The van der Waals surface area contributed by atoms with E-state index in [1.165, 1.54) is 6.20 Å². The molecule has 4 nitrogen and oxygen atoms in total. The summed E-state index contributed by atoms with van der Waals surface area (Å²) in [6.07, 6.45) is 2.51. The first-order chi connectivity index (χ1) is 5.79.